The average molecular weight is 241 g/mol. The van der Waals surface area contributed by atoms with E-state index in [2.05, 4.69) is 20.0 Å². The van der Waals surface area contributed by atoms with E-state index in [1.165, 1.54) is 0 Å². The summed E-state index contributed by atoms with van der Waals surface area (Å²) in [6, 6.07) is 3.86. The van der Waals surface area contributed by atoms with E-state index < -0.39 is 6.17 Å². The van der Waals surface area contributed by atoms with E-state index in [0.717, 1.165) is 11.5 Å². The second-order valence-corrected chi connectivity index (χ2v) is 3.70. The second kappa shape index (κ2) is 4.68. The normalized spacial score (nSPS) is 18.7. The van der Waals surface area contributed by atoms with Crippen molar-refractivity contribution in [3.8, 4) is 12.1 Å². The summed E-state index contributed by atoms with van der Waals surface area (Å²) < 4.78 is 0. The number of hydrogen-bond acceptors (Lipinski definition) is 6. The summed E-state index contributed by atoms with van der Waals surface area (Å²) in [5.74, 6) is 0.964. The smallest absolute Gasteiger partial charge is 0.232 e. The largest absolute Gasteiger partial charge is 0.343 e. The number of hydrogen-bond donors (Lipinski definition) is 1. The van der Waals surface area contributed by atoms with Crippen molar-refractivity contribution in [3.05, 3.63) is 17.7 Å². The van der Waals surface area contributed by atoms with Gasteiger partial charge in [0.25, 0.3) is 0 Å². The van der Waals surface area contributed by atoms with Gasteiger partial charge in [-0.2, -0.15) is 15.5 Å². The van der Waals surface area contributed by atoms with Crippen molar-refractivity contribution >= 4 is 11.7 Å². The summed E-state index contributed by atoms with van der Waals surface area (Å²) in [6.07, 6.45) is 1.21. The number of aliphatic imine (C=N–C) groups is 2. The van der Waals surface area contributed by atoms with E-state index in [1.807, 2.05) is 26.0 Å². The van der Waals surface area contributed by atoms with Gasteiger partial charge >= 0.3 is 0 Å². The van der Waals surface area contributed by atoms with Crippen molar-refractivity contribution in [2.24, 2.45) is 9.98 Å². The maximum Gasteiger partial charge on any atom is 0.232 e. The van der Waals surface area contributed by atoms with Crippen molar-refractivity contribution in [1.29, 1.82) is 10.5 Å². The second-order valence-electron chi connectivity index (χ2n) is 3.70. The van der Waals surface area contributed by atoms with Crippen LogP contribution in [-0.4, -0.2) is 33.1 Å². The lowest BCUT2D eigenvalue weighted by atomic mass is 10.3. The molecule has 0 aliphatic carbocycles. The number of aromatic amines is 1. The van der Waals surface area contributed by atoms with Gasteiger partial charge < -0.3 is 9.88 Å². The summed E-state index contributed by atoms with van der Waals surface area (Å²) in [6.45, 7) is 4.30. The molecule has 1 aliphatic rings. The van der Waals surface area contributed by atoms with Crippen LogP contribution >= 0.6 is 0 Å². The van der Waals surface area contributed by atoms with Crippen LogP contribution < -0.4 is 0 Å². The molecule has 1 N–H and O–H groups in total. The Kier molecular flexibility index (Phi) is 3.07. The number of imidazole rings is 1. The highest BCUT2D eigenvalue weighted by Gasteiger charge is 2.28. The molecule has 2 heterocycles. The molecule has 0 spiro atoms. The maximum absolute atomic E-state index is 9.06. The Hall–Kier alpha value is -2.67. The van der Waals surface area contributed by atoms with E-state index in [0.29, 0.717) is 6.54 Å². The van der Waals surface area contributed by atoms with Gasteiger partial charge in [0.15, 0.2) is 6.17 Å². The maximum atomic E-state index is 9.06. The molecule has 1 atom stereocenters. The standard InChI is InChI=1S/C11H11N7/c1-3-18-10(5-13)16-9(4-12)17-11(18)8-6-14-7(2)15-8/h6,11H,3H2,1-2H3,(H,14,15). The summed E-state index contributed by atoms with van der Waals surface area (Å²) in [5, 5.41) is 18.0. The molecule has 1 aliphatic heterocycles. The Balaban J connectivity index is 2.46. The summed E-state index contributed by atoms with van der Waals surface area (Å²) >= 11 is 0. The fourth-order valence-electron chi connectivity index (χ4n) is 1.77. The number of aryl methyl sites for hydroxylation is 1. The first-order chi connectivity index (χ1) is 8.69. The Morgan fingerprint density at radius 3 is 2.72 bits per heavy atom. The van der Waals surface area contributed by atoms with Crippen LogP contribution in [0.2, 0.25) is 0 Å². The lowest BCUT2D eigenvalue weighted by Gasteiger charge is -2.29. The molecule has 1 aromatic rings. The van der Waals surface area contributed by atoms with Gasteiger partial charge in [0.2, 0.25) is 11.7 Å². The molecule has 7 heteroatoms. The summed E-state index contributed by atoms with van der Waals surface area (Å²) in [4.78, 5) is 17.0. The van der Waals surface area contributed by atoms with Crippen molar-refractivity contribution in [2.75, 3.05) is 6.54 Å². The SMILES string of the molecule is CCN1C(C#N)=NC(C#N)=NC1c1cnc(C)[nH]1. The van der Waals surface area contributed by atoms with Gasteiger partial charge in [-0.1, -0.05) is 0 Å². The van der Waals surface area contributed by atoms with Gasteiger partial charge in [-0.05, 0) is 13.8 Å². The van der Waals surface area contributed by atoms with E-state index in [4.69, 9.17) is 10.5 Å². The molecular weight excluding hydrogens is 230 g/mol. The fourth-order valence-corrected chi connectivity index (χ4v) is 1.77. The Labute approximate surface area is 104 Å². The zero-order valence-corrected chi connectivity index (χ0v) is 10.0. The lowest BCUT2D eigenvalue weighted by Crippen LogP contribution is -2.37. The molecular formula is C11H11N7. The van der Waals surface area contributed by atoms with Gasteiger partial charge in [-0.15, -0.1) is 0 Å². The van der Waals surface area contributed by atoms with Crippen LogP contribution in [-0.2, 0) is 0 Å². The molecule has 90 valence electrons. The minimum absolute atomic E-state index is 0.00787. The number of amidine groups is 2. The van der Waals surface area contributed by atoms with Crippen LogP contribution in [0.5, 0.6) is 0 Å². The van der Waals surface area contributed by atoms with Crippen LogP contribution in [0.15, 0.2) is 16.2 Å². The molecule has 0 saturated heterocycles. The van der Waals surface area contributed by atoms with Crippen LogP contribution in [0.25, 0.3) is 0 Å². The molecule has 0 bridgehead atoms. The third-order valence-electron chi connectivity index (χ3n) is 2.57. The van der Waals surface area contributed by atoms with Crippen molar-refractivity contribution in [1.82, 2.24) is 14.9 Å². The van der Waals surface area contributed by atoms with E-state index in [-0.39, 0.29) is 11.7 Å². The van der Waals surface area contributed by atoms with Crippen LogP contribution in [0.4, 0.5) is 0 Å². The first-order valence-corrected chi connectivity index (χ1v) is 5.44. The van der Waals surface area contributed by atoms with E-state index >= 15 is 0 Å². The first kappa shape index (κ1) is 11.8. The average Bonchev–Trinajstić information content (AvgIpc) is 2.83. The Morgan fingerprint density at radius 2 is 2.22 bits per heavy atom. The third-order valence-corrected chi connectivity index (χ3v) is 2.57. The fraction of sp³-hybridized carbons (Fsp3) is 0.364. The molecule has 1 aromatic heterocycles. The van der Waals surface area contributed by atoms with Crippen LogP contribution in [0.3, 0.4) is 0 Å². The zero-order chi connectivity index (χ0) is 13.1. The summed E-state index contributed by atoms with van der Waals surface area (Å²) in [5.41, 5.74) is 0.741. The van der Waals surface area contributed by atoms with E-state index in [1.54, 1.807) is 11.1 Å². The number of H-pyrrole nitrogens is 1. The monoisotopic (exact) mass is 241 g/mol. The Bertz CT molecular complexity index is 596. The van der Waals surface area contributed by atoms with Gasteiger partial charge in [-0.25, -0.2) is 9.98 Å². The van der Waals surface area contributed by atoms with E-state index in [9.17, 15) is 0 Å². The molecule has 18 heavy (non-hydrogen) atoms. The predicted molar refractivity (Wildman–Crippen MR) is 64.5 cm³/mol. The molecule has 1 unspecified atom stereocenters. The number of rotatable bonds is 2. The molecule has 0 aromatic carbocycles. The van der Waals surface area contributed by atoms with Gasteiger partial charge in [-0.3, -0.25) is 0 Å². The highest BCUT2D eigenvalue weighted by atomic mass is 15.3. The number of nitriles is 2. The van der Waals surface area contributed by atoms with Gasteiger partial charge in [0, 0.05) is 6.54 Å². The van der Waals surface area contributed by atoms with Crippen LogP contribution in [0, 0.1) is 29.6 Å². The topological polar surface area (TPSA) is 104 Å². The van der Waals surface area contributed by atoms with Crippen molar-refractivity contribution in [2.45, 2.75) is 20.0 Å². The molecule has 7 nitrogen and oxygen atoms in total. The quantitative estimate of drug-likeness (QED) is 0.830. The highest BCUT2D eigenvalue weighted by Crippen LogP contribution is 2.24. The molecule has 0 fully saturated rings. The van der Waals surface area contributed by atoms with Crippen molar-refractivity contribution < 1.29 is 0 Å². The molecule has 0 saturated carbocycles. The van der Waals surface area contributed by atoms with Crippen molar-refractivity contribution in [3.63, 3.8) is 0 Å². The van der Waals surface area contributed by atoms with Crippen LogP contribution in [0.1, 0.15) is 24.6 Å². The number of nitrogens with one attached hydrogen (secondary N) is 1. The first-order valence-electron chi connectivity index (χ1n) is 5.44. The minimum atomic E-state index is -0.446. The zero-order valence-electron chi connectivity index (χ0n) is 10.0. The molecule has 2 rings (SSSR count). The van der Waals surface area contributed by atoms with Gasteiger partial charge in [0.05, 0.1) is 11.9 Å². The Morgan fingerprint density at radius 1 is 1.44 bits per heavy atom. The lowest BCUT2D eigenvalue weighted by molar-refractivity contribution is 0.333. The summed E-state index contributed by atoms with van der Waals surface area (Å²) in [7, 11) is 0. The third kappa shape index (κ3) is 1.94. The minimum Gasteiger partial charge on any atom is -0.343 e. The number of nitrogens with zero attached hydrogens (tertiary/aromatic N) is 6. The highest BCUT2D eigenvalue weighted by molar-refractivity contribution is 6.11. The van der Waals surface area contributed by atoms with Gasteiger partial charge in [0.1, 0.15) is 18.0 Å². The molecule has 0 radical (unpaired) electrons. The predicted octanol–water partition coefficient (Wildman–Crippen LogP) is 0.896. The molecule has 0 amide bonds. The number of aromatic nitrogens is 2.